The smallest absolute Gasteiger partial charge is 0.370 e. The summed E-state index contributed by atoms with van der Waals surface area (Å²) in [4.78, 5) is 16.7. The van der Waals surface area contributed by atoms with E-state index < -0.39 is 24.8 Å². The lowest BCUT2D eigenvalue weighted by atomic mass is 9.99. The second-order valence-corrected chi connectivity index (χ2v) is 9.08. The van der Waals surface area contributed by atoms with E-state index in [0.717, 1.165) is 38.7 Å². The number of pyridine rings is 1. The summed E-state index contributed by atoms with van der Waals surface area (Å²) >= 11 is 0. The molecule has 1 saturated carbocycles. The van der Waals surface area contributed by atoms with Crippen LogP contribution in [0.3, 0.4) is 0 Å². The van der Waals surface area contributed by atoms with Crippen LogP contribution in [0.2, 0.25) is 0 Å². The summed E-state index contributed by atoms with van der Waals surface area (Å²) in [6, 6.07) is 2.52. The number of alkyl halides is 5. The Morgan fingerprint density at radius 1 is 1.03 bits per heavy atom. The zero-order chi connectivity index (χ0) is 23.0. The second kappa shape index (κ2) is 6.97. The number of halogens is 5. The highest BCUT2D eigenvalue weighted by molar-refractivity contribution is 5.71. The Morgan fingerprint density at radius 2 is 1.82 bits per heavy atom. The number of hydrogen-bond acceptors (Lipinski definition) is 6. The van der Waals surface area contributed by atoms with Crippen molar-refractivity contribution in [2.24, 2.45) is 17.3 Å². The molecule has 33 heavy (non-hydrogen) atoms. The van der Waals surface area contributed by atoms with Crippen LogP contribution >= 0.6 is 0 Å². The highest BCUT2D eigenvalue weighted by Gasteiger charge is 2.69. The van der Waals surface area contributed by atoms with E-state index in [0.29, 0.717) is 34.5 Å². The van der Waals surface area contributed by atoms with Crippen LogP contribution in [0.15, 0.2) is 30.7 Å². The lowest BCUT2D eigenvalue weighted by Crippen LogP contribution is -2.31. The molecule has 3 aromatic heterocycles. The average molecular weight is 465 g/mol. The van der Waals surface area contributed by atoms with Crippen molar-refractivity contribution < 1.29 is 22.0 Å². The van der Waals surface area contributed by atoms with Gasteiger partial charge in [0.25, 0.3) is 6.43 Å². The fourth-order valence-electron chi connectivity index (χ4n) is 5.70. The molecule has 3 aromatic rings. The molecule has 2 atom stereocenters. The Bertz CT molecular complexity index is 1180. The third-order valence-electron chi connectivity index (χ3n) is 7.39. The molecule has 174 valence electrons. The molecule has 5 heterocycles. The van der Waals surface area contributed by atoms with Crippen LogP contribution in [-0.4, -0.2) is 57.3 Å². The number of hydrogen-bond donors (Lipinski definition) is 0. The summed E-state index contributed by atoms with van der Waals surface area (Å²) in [5, 5.41) is 3.96. The van der Waals surface area contributed by atoms with Crippen molar-refractivity contribution in [3.8, 4) is 0 Å². The summed E-state index contributed by atoms with van der Waals surface area (Å²) < 4.78 is 65.1. The maximum Gasteiger partial charge on any atom is 0.433 e. The van der Waals surface area contributed by atoms with E-state index >= 15 is 0 Å². The van der Waals surface area contributed by atoms with Crippen molar-refractivity contribution in [2.75, 3.05) is 36.0 Å². The van der Waals surface area contributed by atoms with Crippen LogP contribution in [0.5, 0.6) is 0 Å². The number of anilines is 2. The van der Waals surface area contributed by atoms with Gasteiger partial charge >= 0.3 is 6.18 Å². The number of aromatic nitrogens is 5. The number of piperidine rings is 1. The monoisotopic (exact) mass is 465 g/mol. The third kappa shape index (κ3) is 3.29. The van der Waals surface area contributed by atoms with Gasteiger partial charge in [-0.05, 0) is 35.8 Å². The number of fused-ring (bicyclic) bond motifs is 4. The summed E-state index contributed by atoms with van der Waals surface area (Å²) in [6.45, 7) is 2.66. The van der Waals surface area contributed by atoms with E-state index in [-0.39, 0.29) is 5.41 Å². The number of nitrogens with zero attached hydrogens (tertiary/aromatic N) is 7. The van der Waals surface area contributed by atoms with Gasteiger partial charge in [0.15, 0.2) is 5.65 Å². The topological polar surface area (TPSA) is 63.0 Å². The van der Waals surface area contributed by atoms with Crippen LogP contribution < -0.4 is 9.80 Å². The first-order valence-electron chi connectivity index (χ1n) is 10.7. The van der Waals surface area contributed by atoms with Gasteiger partial charge in [0.1, 0.15) is 23.6 Å². The van der Waals surface area contributed by atoms with Gasteiger partial charge in [0.05, 0.1) is 24.3 Å². The van der Waals surface area contributed by atoms with Gasteiger partial charge in [-0.2, -0.15) is 18.3 Å². The van der Waals surface area contributed by atoms with Gasteiger partial charge in [-0.1, -0.05) is 0 Å². The molecule has 0 amide bonds. The zero-order valence-electron chi connectivity index (χ0n) is 17.4. The molecule has 7 nitrogen and oxygen atoms in total. The summed E-state index contributed by atoms with van der Waals surface area (Å²) in [5.41, 5.74) is 0.827. The van der Waals surface area contributed by atoms with Crippen LogP contribution in [0.4, 0.5) is 33.5 Å². The molecule has 2 aliphatic heterocycles. The molecule has 2 unspecified atom stereocenters. The van der Waals surface area contributed by atoms with Gasteiger partial charge in [-0.25, -0.2) is 28.4 Å². The summed E-state index contributed by atoms with van der Waals surface area (Å²) in [6.07, 6.45) is -1.58. The van der Waals surface area contributed by atoms with Gasteiger partial charge < -0.3 is 9.80 Å². The predicted molar refractivity (Wildman–Crippen MR) is 109 cm³/mol. The minimum atomic E-state index is -4.44. The minimum absolute atomic E-state index is 0.161. The van der Waals surface area contributed by atoms with E-state index in [1.165, 1.54) is 23.1 Å². The predicted octanol–water partition coefficient (Wildman–Crippen LogP) is 3.47. The van der Waals surface area contributed by atoms with Crippen molar-refractivity contribution in [1.82, 2.24) is 24.7 Å². The third-order valence-corrected chi connectivity index (χ3v) is 7.39. The first-order chi connectivity index (χ1) is 15.7. The molecule has 1 spiro atoms. The van der Waals surface area contributed by atoms with Crippen molar-refractivity contribution in [2.45, 2.75) is 25.6 Å². The van der Waals surface area contributed by atoms with E-state index in [1.807, 2.05) is 0 Å². The molecule has 0 radical (unpaired) electrons. The molecule has 0 bridgehead atoms. The normalized spacial score (nSPS) is 26.7. The van der Waals surface area contributed by atoms with Crippen LogP contribution in [-0.2, 0) is 12.7 Å². The fourth-order valence-corrected chi connectivity index (χ4v) is 5.70. The molecule has 12 heteroatoms. The van der Waals surface area contributed by atoms with Gasteiger partial charge in [0, 0.05) is 26.2 Å². The van der Waals surface area contributed by atoms with Gasteiger partial charge in [-0.3, -0.25) is 0 Å². The first kappa shape index (κ1) is 20.5. The van der Waals surface area contributed by atoms with E-state index in [2.05, 4.69) is 29.9 Å². The SMILES string of the molecule is FC(F)Cn1ncc2ncc(N3CC4C(C3)C43CCN(c4ccc(C(F)(F)F)nc4)C3)nc21. The lowest BCUT2D eigenvalue weighted by Gasteiger charge is -2.25. The highest BCUT2D eigenvalue weighted by atomic mass is 19.4. The number of rotatable bonds is 4. The van der Waals surface area contributed by atoms with E-state index in [9.17, 15) is 22.0 Å². The fraction of sp³-hybridized carbons (Fsp3) is 0.524. The highest BCUT2D eigenvalue weighted by Crippen LogP contribution is 2.67. The summed E-state index contributed by atoms with van der Waals surface area (Å²) in [7, 11) is 0. The Labute approximate surface area is 185 Å². The van der Waals surface area contributed by atoms with Crippen molar-refractivity contribution in [1.29, 1.82) is 0 Å². The van der Waals surface area contributed by atoms with Crippen molar-refractivity contribution >= 4 is 22.7 Å². The van der Waals surface area contributed by atoms with E-state index in [4.69, 9.17) is 0 Å². The molecule has 3 fully saturated rings. The Morgan fingerprint density at radius 3 is 2.48 bits per heavy atom. The second-order valence-electron chi connectivity index (χ2n) is 9.08. The molecule has 2 saturated heterocycles. The maximum absolute atomic E-state index is 12.8. The Balaban J connectivity index is 1.14. The average Bonchev–Trinajstić information content (AvgIpc) is 3.26. The molecular formula is C21H20F5N7. The van der Waals surface area contributed by atoms with E-state index in [1.54, 1.807) is 6.20 Å². The van der Waals surface area contributed by atoms with Crippen molar-refractivity contribution in [3.63, 3.8) is 0 Å². The molecular weight excluding hydrogens is 445 g/mol. The summed E-state index contributed by atoms with van der Waals surface area (Å²) in [5.74, 6) is 1.59. The zero-order valence-corrected chi connectivity index (χ0v) is 17.4. The van der Waals surface area contributed by atoms with Crippen LogP contribution in [0.1, 0.15) is 12.1 Å². The van der Waals surface area contributed by atoms with Crippen LogP contribution in [0.25, 0.3) is 11.2 Å². The molecule has 3 aliphatic rings. The Hall–Kier alpha value is -3.05. The standard InChI is InChI=1S/C21H20F5N7/c22-17(23)10-33-19-15(6-29-33)27-7-18(30-19)32-8-13-14(9-32)20(13)3-4-31(11-20)12-1-2-16(28-5-12)21(24,25)26/h1-2,5-7,13-14,17H,3-4,8-11H2. The molecule has 6 rings (SSSR count). The van der Waals surface area contributed by atoms with Gasteiger partial charge in [0.2, 0.25) is 0 Å². The molecule has 1 aliphatic carbocycles. The van der Waals surface area contributed by atoms with Crippen molar-refractivity contribution in [3.05, 3.63) is 36.4 Å². The maximum atomic E-state index is 12.8. The molecule has 0 N–H and O–H groups in total. The Kier molecular flexibility index (Phi) is 4.34. The first-order valence-corrected chi connectivity index (χ1v) is 10.7. The lowest BCUT2D eigenvalue weighted by molar-refractivity contribution is -0.141. The van der Waals surface area contributed by atoms with Crippen LogP contribution in [0, 0.1) is 17.3 Å². The molecule has 0 aromatic carbocycles. The quantitative estimate of drug-likeness (QED) is 0.550. The van der Waals surface area contributed by atoms with Gasteiger partial charge in [-0.15, -0.1) is 0 Å². The minimum Gasteiger partial charge on any atom is -0.370 e. The largest absolute Gasteiger partial charge is 0.433 e.